The molecule has 5 nitrogen and oxygen atoms in total. The second-order valence-electron chi connectivity index (χ2n) is 5.14. The summed E-state index contributed by atoms with van der Waals surface area (Å²) in [6.07, 6.45) is 0. The van der Waals surface area contributed by atoms with Gasteiger partial charge in [0.25, 0.3) is 5.91 Å². The first-order valence-corrected chi connectivity index (χ1v) is 7.21. The molecule has 0 fully saturated rings. The van der Waals surface area contributed by atoms with Gasteiger partial charge in [0.2, 0.25) is 0 Å². The molecule has 0 radical (unpaired) electrons. The van der Waals surface area contributed by atoms with E-state index in [4.69, 9.17) is 10.9 Å². The lowest BCUT2D eigenvalue weighted by atomic mass is 10.0. The van der Waals surface area contributed by atoms with E-state index in [1.807, 2.05) is 49.4 Å². The Morgan fingerprint density at radius 3 is 2.17 bits per heavy atom. The molecule has 2 aromatic carbocycles. The van der Waals surface area contributed by atoms with Crippen molar-refractivity contribution >= 4 is 5.91 Å². The van der Waals surface area contributed by atoms with Crippen molar-refractivity contribution in [2.75, 3.05) is 6.54 Å². The van der Waals surface area contributed by atoms with E-state index in [2.05, 4.69) is 17.4 Å². The Bertz CT molecular complexity index is 599. The first kappa shape index (κ1) is 18.8. The number of benzene rings is 2. The SMILES string of the molecule is C.CC(N[C@@H](CN)C(=O)NO)c1ccc(-c2ccccc2)cc1. The largest absolute Gasteiger partial charge is 0.328 e. The summed E-state index contributed by atoms with van der Waals surface area (Å²) < 4.78 is 0. The monoisotopic (exact) mass is 315 g/mol. The van der Waals surface area contributed by atoms with Gasteiger partial charge in [0.1, 0.15) is 6.04 Å². The summed E-state index contributed by atoms with van der Waals surface area (Å²) in [5.41, 5.74) is 10.5. The molecule has 5 N–H and O–H groups in total. The van der Waals surface area contributed by atoms with E-state index in [0.29, 0.717) is 0 Å². The minimum Gasteiger partial charge on any atom is -0.328 e. The Morgan fingerprint density at radius 2 is 1.65 bits per heavy atom. The van der Waals surface area contributed by atoms with Crippen LogP contribution in [0.2, 0.25) is 0 Å². The zero-order valence-corrected chi connectivity index (χ0v) is 12.5. The van der Waals surface area contributed by atoms with Crippen LogP contribution in [0, 0.1) is 0 Å². The lowest BCUT2D eigenvalue weighted by Gasteiger charge is -2.21. The summed E-state index contributed by atoms with van der Waals surface area (Å²) in [6, 6.07) is 17.6. The summed E-state index contributed by atoms with van der Waals surface area (Å²) in [6.45, 7) is 2.06. The molecule has 0 aliphatic rings. The Morgan fingerprint density at radius 1 is 1.09 bits per heavy atom. The lowest BCUT2D eigenvalue weighted by Crippen LogP contribution is -2.48. The van der Waals surface area contributed by atoms with Gasteiger partial charge in [-0.15, -0.1) is 0 Å². The zero-order chi connectivity index (χ0) is 15.9. The number of hydrogen-bond donors (Lipinski definition) is 4. The van der Waals surface area contributed by atoms with Crippen LogP contribution >= 0.6 is 0 Å². The van der Waals surface area contributed by atoms with Gasteiger partial charge in [-0.1, -0.05) is 62.0 Å². The van der Waals surface area contributed by atoms with Crippen molar-refractivity contribution in [3.8, 4) is 11.1 Å². The third kappa shape index (κ3) is 4.89. The van der Waals surface area contributed by atoms with Gasteiger partial charge in [-0.2, -0.15) is 0 Å². The first-order chi connectivity index (χ1) is 10.7. The quantitative estimate of drug-likeness (QED) is 0.487. The highest BCUT2D eigenvalue weighted by Crippen LogP contribution is 2.21. The number of hydrogen-bond acceptors (Lipinski definition) is 4. The van der Waals surface area contributed by atoms with Crippen LogP contribution in [0.4, 0.5) is 0 Å². The first-order valence-electron chi connectivity index (χ1n) is 7.21. The van der Waals surface area contributed by atoms with Crippen LogP contribution in [-0.2, 0) is 4.79 Å². The molecule has 2 atom stereocenters. The van der Waals surface area contributed by atoms with Crippen molar-refractivity contribution in [1.82, 2.24) is 10.8 Å². The molecule has 0 aromatic heterocycles. The maximum Gasteiger partial charge on any atom is 0.261 e. The van der Waals surface area contributed by atoms with Crippen molar-refractivity contribution in [2.24, 2.45) is 5.73 Å². The predicted molar refractivity (Wildman–Crippen MR) is 92.9 cm³/mol. The van der Waals surface area contributed by atoms with Gasteiger partial charge < -0.3 is 5.73 Å². The van der Waals surface area contributed by atoms with Gasteiger partial charge in [0, 0.05) is 12.6 Å². The summed E-state index contributed by atoms with van der Waals surface area (Å²) in [7, 11) is 0. The standard InChI is InChI=1S/C17H21N3O2.CH4/c1-12(19-16(11-18)17(21)20-22)13-7-9-15(10-8-13)14-5-3-2-4-6-14;/h2-10,12,16,19,22H,11,18H2,1H3,(H,20,21);1H4/t12?,16-;/m0./s1. The molecule has 0 heterocycles. The highest BCUT2D eigenvalue weighted by atomic mass is 16.5. The minimum absolute atomic E-state index is 0. The Balaban J connectivity index is 0.00000264. The zero-order valence-electron chi connectivity index (χ0n) is 12.5. The summed E-state index contributed by atoms with van der Waals surface area (Å²) in [5, 5.41) is 11.8. The van der Waals surface area contributed by atoms with E-state index in [9.17, 15) is 4.79 Å². The van der Waals surface area contributed by atoms with Crippen molar-refractivity contribution in [3.05, 3.63) is 60.2 Å². The topological polar surface area (TPSA) is 87.4 Å². The fraction of sp³-hybridized carbons (Fsp3) is 0.278. The number of nitrogens with two attached hydrogens (primary N) is 1. The molecule has 0 saturated carbocycles. The second kappa shape index (κ2) is 9.05. The number of rotatable bonds is 6. The molecule has 124 valence electrons. The summed E-state index contributed by atoms with van der Waals surface area (Å²) in [5.74, 6) is -0.532. The van der Waals surface area contributed by atoms with Crippen molar-refractivity contribution in [2.45, 2.75) is 26.4 Å². The average Bonchev–Trinajstić information content (AvgIpc) is 2.59. The molecule has 0 aliphatic heterocycles. The molecule has 2 aromatic rings. The number of carbonyl (C=O) groups excluding carboxylic acids is 1. The summed E-state index contributed by atoms with van der Waals surface area (Å²) >= 11 is 0. The third-order valence-corrected chi connectivity index (χ3v) is 3.63. The molecule has 5 heteroatoms. The van der Waals surface area contributed by atoms with E-state index in [1.54, 1.807) is 5.48 Å². The Kier molecular flexibility index (Phi) is 7.41. The molecule has 0 aliphatic carbocycles. The maximum atomic E-state index is 11.4. The molecular formula is C18H25N3O2. The van der Waals surface area contributed by atoms with E-state index in [0.717, 1.165) is 16.7 Å². The van der Waals surface area contributed by atoms with Crippen LogP contribution in [0.5, 0.6) is 0 Å². The van der Waals surface area contributed by atoms with Gasteiger partial charge in [-0.25, -0.2) is 5.48 Å². The number of nitrogens with one attached hydrogen (secondary N) is 2. The van der Waals surface area contributed by atoms with E-state index in [1.165, 1.54) is 0 Å². The van der Waals surface area contributed by atoms with Crippen LogP contribution in [0.25, 0.3) is 11.1 Å². The van der Waals surface area contributed by atoms with Crippen molar-refractivity contribution < 1.29 is 10.0 Å². The molecule has 1 amide bonds. The number of hydroxylamine groups is 1. The number of carbonyl (C=O) groups is 1. The second-order valence-corrected chi connectivity index (χ2v) is 5.14. The van der Waals surface area contributed by atoms with Gasteiger partial charge in [-0.3, -0.25) is 15.3 Å². The molecule has 0 spiro atoms. The van der Waals surface area contributed by atoms with E-state index in [-0.39, 0.29) is 20.0 Å². The smallest absolute Gasteiger partial charge is 0.261 e. The normalized spacial score (nSPS) is 12.8. The maximum absolute atomic E-state index is 11.4. The van der Waals surface area contributed by atoms with Gasteiger partial charge >= 0.3 is 0 Å². The highest BCUT2D eigenvalue weighted by Gasteiger charge is 2.18. The van der Waals surface area contributed by atoms with Crippen LogP contribution in [0.3, 0.4) is 0 Å². The highest BCUT2D eigenvalue weighted by molar-refractivity contribution is 5.80. The third-order valence-electron chi connectivity index (χ3n) is 3.63. The molecule has 0 bridgehead atoms. The minimum atomic E-state index is -0.631. The molecule has 23 heavy (non-hydrogen) atoms. The average molecular weight is 315 g/mol. The van der Waals surface area contributed by atoms with Crippen molar-refractivity contribution in [1.29, 1.82) is 0 Å². The van der Waals surface area contributed by atoms with Crippen LogP contribution in [0.1, 0.15) is 26.0 Å². The Labute approximate surface area is 137 Å². The molecule has 1 unspecified atom stereocenters. The van der Waals surface area contributed by atoms with Gasteiger partial charge in [0.15, 0.2) is 0 Å². The van der Waals surface area contributed by atoms with Crippen LogP contribution in [-0.4, -0.2) is 23.7 Å². The van der Waals surface area contributed by atoms with E-state index >= 15 is 0 Å². The fourth-order valence-electron chi connectivity index (χ4n) is 2.32. The lowest BCUT2D eigenvalue weighted by molar-refractivity contribution is -0.131. The van der Waals surface area contributed by atoms with Gasteiger partial charge in [0.05, 0.1) is 0 Å². The molecule has 2 rings (SSSR count). The fourth-order valence-corrected chi connectivity index (χ4v) is 2.32. The molecular weight excluding hydrogens is 290 g/mol. The van der Waals surface area contributed by atoms with Gasteiger partial charge in [-0.05, 0) is 23.6 Å². The Hall–Kier alpha value is -2.21. The summed E-state index contributed by atoms with van der Waals surface area (Å²) in [4.78, 5) is 11.4. The van der Waals surface area contributed by atoms with Crippen LogP contribution in [0.15, 0.2) is 54.6 Å². The number of amides is 1. The van der Waals surface area contributed by atoms with Crippen molar-refractivity contribution in [3.63, 3.8) is 0 Å². The molecule has 0 saturated heterocycles. The predicted octanol–water partition coefficient (Wildman–Crippen LogP) is 2.47. The van der Waals surface area contributed by atoms with E-state index < -0.39 is 11.9 Å². The van der Waals surface area contributed by atoms with Crippen LogP contribution < -0.4 is 16.5 Å².